The molecule has 3 heterocycles. The lowest BCUT2D eigenvalue weighted by Crippen LogP contribution is -2.41. The standard InChI is InChI=1S/C26H22BNO4/c1-25(2)26(3,4)32-27(31-25)15-13-20-16-9-5-7-11-18(16)23(29)28-22(20)21(14-15)17-10-6-8-12-19(17)24(28)30/h5-14H,1-4H3. The van der Waals surface area contributed by atoms with Crippen LogP contribution >= 0.6 is 0 Å². The van der Waals surface area contributed by atoms with Gasteiger partial charge in [-0.3, -0.25) is 9.59 Å². The Morgan fingerprint density at radius 3 is 1.50 bits per heavy atom. The van der Waals surface area contributed by atoms with Crippen LogP contribution in [-0.4, -0.2) is 22.7 Å². The molecule has 6 rings (SSSR count). The normalized spacial score (nSPS) is 17.8. The van der Waals surface area contributed by atoms with E-state index in [4.69, 9.17) is 9.31 Å². The van der Waals surface area contributed by atoms with Crippen molar-refractivity contribution in [2.45, 2.75) is 38.9 Å². The first-order valence-corrected chi connectivity index (χ1v) is 10.8. The van der Waals surface area contributed by atoms with Gasteiger partial charge in [0.1, 0.15) is 0 Å². The molecule has 0 atom stereocenters. The highest BCUT2D eigenvalue weighted by molar-refractivity contribution is 6.63. The van der Waals surface area contributed by atoms with Gasteiger partial charge in [-0.15, -0.1) is 0 Å². The molecule has 1 saturated heterocycles. The highest BCUT2D eigenvalue weighted by Crippen LogP contribution is 2.37. The second-order valence-corrected chi connectivity index (χ2v) is 9.59. The molecule has 0 N–H and O–H groups in total. The molecule has 32 heavy (non-hydrogen) atoms. The molecule has 158 valence electrons. The van der Waals surface area contributed by atoms with Crippen LogP contribution in [0.4, 0.5) is 0 Å². The largest absolute Gasteiger partial charge is 0.494 e. The van der Waals surface area contributed by atoms with Crippen molar-refractivity contribution < 1.29 is 9.31 Å². The lowest BCUT2D eigenvalue weighted by atomic mass is 9.77. The molecule has 0 radical (unpaired) electrons. The number of nitrogens with zero attached hydrogens (tertiary/aromatic N) is 1. The number of aromatic nitrogens is 1. The Morgan fingerprint density at radius 2 is 1.06 bits per heavy atom. The summed E-state index contributed by atoms with van der Waals surface area (Å²) in [5, 5.41) is 4.34. The monoisotopic (exact) mass is 423 g/mol. The molecule has 3 aromatic carbocycles. The van der Waals surface area contributed by atoms with Gasteiger partial charge >= 0.3 is 7.12 Å². The number of pyridine rings is 2. The van der Waals surface area contributed by atoms with Crippen molar-refractivity contribution >= 4 is 50.4 Å². The van der Waals surface area contributed by atoms with E-state index in [1.165, 1.54) is 4.40 Å². The summed E-state index contributed by atoms with van der Waals surface area (Å²) < 4.78 is 14.0. The van der Waals surface area contributed by atoms with E-state index < -0.39 is 18.3 Å². The number of hydrogen-bond acceptors (Lipinski definition) is 4. The van der Waals surface area contributed by atoms with Crippen LogP contribution in [0.1, 0.15) is 27.7 Å². The number of rotatable bonds is 1. The zero-order chi connectivity index (χ0) is 22.4. The maximum absolute atomic E-state index is 13.4. The predicted molar refractivity (Wildman–Crippen MR) is 129 cm³/mol. The molecule has 5 nitrogen and oxygen atoms in total. The smallest absolute Gasteiger partial charge is 0.399 e. The molecular weight excluding hydrogens is 401 g/mol. The summed E-state index contributed by atoms with van der Waals surface area (Å²) in [6.07, 6.45) is 0. The molecule has 5 aromatic rings. The average molecular weight is 423 g/mol. The Balaban J connectivity index is 1.83. The zero-order valence-corrected chi connectivity index (χ0v) is 18.4. The first-order chi connectivity index (χ1) is 15.2. The van der Waals surface area contributed by atoms with Crippen LogP contribution in [0, 0.1) is 0 Å². The summed E-state index contributed by atoms with van der Waals surface area (Å²) in [4.78, 5) is 26.8. The minimum Gasteiger partial charge on any atom is -0.399 e. The Labute approximate surface area is 184 Å². The van der Waals surface area contributed by atoms with E-state index >= 15 is 0 Å². The molecule has 2 aromatic heterocycles. The maximum Gasteiger partial charge on any atom is 0.494 e. The van der Waals surface area contributed by atoms with Crippen molar-refractivity contribution in [3.05, 3.63) is 81.4 Å². The molecule has 0 bridgehead atoms. The molecular formula is C26H22BNO4. The minimum absolute atomic E-state index is 0.294. The van der Waals surface area contributed by atoms with Crippen LogP contribution in [0.15, 0.2) is 70.3 Å². The topological polar surface area (TPSA) is 57.0 Å². The van der Waals surface area contributed by atoms with Gasteiger partial charge in [-0.05, 0) is 56.1 Å². The summed E-state index contributed by atoms with van der Waals surface area (Å²) in [5.41, 5.74) is -0.0326. The zero-order valence-electron chi connectivity index (χ0n) is 18.4. The molecule has 1 aliphatic heterocycles. The van der Waals surface area contributed by atoms with E-state index in [2.05, 4.69) is 0 Å². The van der Waals surface area contributed by atoms with Crippen molar-refractivity contribution in [1.29, 1.82) is 0 Å². The van der Waals surface area contributed by atoms with Crippen molar-refractivity contribution in [2.24, 2.45) is 0 Å². The first kappa shape index (κ1) is 19.5. The van der Waals surface area contributed by atoms with Gasteiger partial charge in [-0.25, -0.2) is 4.40 Å². The average Bonchev–Trinajstić information content (AvgIpc) is 3.00. The van der Waals surface area contributed by atoms with Gasteiger partial charge in [-0.2, -0.15) is 0 Å². The van der Waals surface area contributed by atoms with Crippen molar-refractivity contribution in [2.75, 3.05) is 0 Å². The first-order valence-electron chi connectivity index (χ1n) is 10.8. The Kier molecular flexibility index (Phi) is 3.76. The molecule has 0 unspecified atom stereocenters. The molecule has 0 amide bonds. The second kappa shape index (κ2) is 6.18. The van der Waals surface area contributed by atoms with Crippen molar-refractivity contribution in [3.8, 4) is 0 Å². The lowest BCUT2D eigenvalue weighted by Gasteiger charge is -2.32. The minimum atomic E-state index is -0.551. The predicted octanol–water partition coefficient (Wildman–Crippen LogP) is 3.86. The summed E-state index contributed by atoms with van der Waals surface area (Å²) >= 11 is 0. The number of hydrogen-bond donors (Lipinski definition) is 0. The van der Waals surface area contributed by atoms with Crippen LogP contribution in [0.2, 0.25) is 0 Å². The third kappa shape index (κ3) is 2.42. The van der Waals surface area contributed by atoms with E-state index in [0.29, 0.717) is 16.3 Å². The van der Waals surface area contributed by atoms with Gasteiger partial charge in [0.15, 0.2) is 0 Å². The van der Waals surface area contributed by atoms with Gasteiger partial charge in [0.2, 0.25) is 0 Å². The fourth-order valence-corrected chi connectivity index (χ4v) is 4.77. The molecule has 0 spiro atoms. The summed E-state index contributed by atoms with van der Waals surface area (Å²) in [6.45, 7) is 8.11. The fraction of sp³-hybridized carbons (Fsp3) is 0.231. The summed E-state index contributed by atoms with van der Waals surface area (Å²) in [5.74, 6) is 0. The summed E-state index contributed by atoms with van der Waals surface area (Å²) in [6, 6.07) is 18.9. The fourth-order valence-electron chi connectivity index (χ4n) is 4.77. The quantitative estimate of drug-likeness (QED) is 0.234. The van der Waals surface area contributed by atoms with Crippen LogP contribution in [-0.2, 0) is 9.31 Å². The van der Waals surface area contributed by atoms with Crippen LogP contribution in [0.3, 0.4) is 0 Å². The van der Waals surface area contributed by atoms with Crippen LogP contribution in [0.25, 0.3) is 37.8 Å². The Hall–Kier alpha value is -3.22. The van der Waals surface area contributed by atoms with E-state index in [-0.39, 0.29) is 11.1 Å². The van der Waals surface area contributed by atoms with Crippen LogP contribution in [0.5, 0.6) is 0 Å². The van der Waals surface area contributed by atoms with E-state index in [1.807, 2.05) is 76.2 Å². The molecule has 1 fully saturated rings. The third-order valence-corrected chi connectivity index (χ3v) is 7.18. The number of fused-ring (bicyclic) bond motifs is 4. The third-order valence-electron chi connectivity index (χ3n) is 7.18. The highest BCUT2D eigenvalue weighted by atomic mass is 16.7. The van der Waals surface area contributed by atoms with E-state index in [1.54, 1.807) is 12.1 Å². The van der Waals surface area contributed by atoms with Gasteiger partial charge in [0, 0.05) is 21.5 Å². The van der Waals surface area contributed by atoms with Gasteiger partial charge < -0.3 is 9.31 Å². The van der Waals surface area contributed by atoms with Crippen molar-refractivity contribution in [3.63, 3.8) is 0 Å². The Bertz CT molecular complexity index is 1570. The van der Waals surface area contributed by atoms with Gasteiger partial charge in [0.05, 0.1) is 16.7 Å². The Morgan fingerprint density at radius 1 is 0.656 bits per heavy atom. The summed E-state index contributed by atoms with van der Waals surface area (Å²) in [7, 11) is -0.551. The van der Waals surface area contributed by atoms with Gasteiger partial charge in [-0.1, -0.05) is 48.5 Å². The molecule has 0 aliphatic carbocycles. The van der Waals surface area contributed by atoms with Gasteiger partial charge in [0.25, 0.3) is 11.1 Å². The highest BCUT2D eigenvalue weighted by Gasteiger charge is 2.51. The SMILES string of the molecule is CC1(C)OB(c2cc3c4ccccc4c(=O)n4c(=O)c5ccccc5c(c2)c34)OC1(C)C. The molecule has 1 aliphatic rings. The second-order valence-electron chi connectivity index (χ2n) is 9.59. The molecule has 6 heteroatoms. The van der Waals surface area contributed by atoms with Crippen molar-refractivity contribution in [1.82, 2.24) is 4.40 Å². The number of benzene rings is 3. The van der Waals surface area contributed by atoms with Crippen LogP contribution < -0.4 is 16.6 Å². The maximum atomic E-state index is 13.4. The van der Waals surface area contributed by atoms with E-state index in [9.17, 15) is 9.59 Å². The lowest BCUT2D eigenvalue weighted by molar-refractivity contribution is 0.00578. The molecule has 0 saturated carbocycles. The van der Waals surface area contributed by atoms with E-state index in [0.717, 1.165) is 27.0 Å².